The van der Waals surface area contributed by atoms with Gasteiger partial charge in [0, 0.05) is 20.1 Å². The van der Waals surface area contributed by atoms with Crippen LogP contribution in [0, 0.1) is 6.65 Å². The third kappa shape index (κ3) is 13.3. The Hall–Kier alpha value is -5.34. The fourth-order valence-electron chi connectivity index (χ4n) is 6.54. The molecule has 0 saturated carbocycles. The van der Waals surface area contributed by atoms with Crippen LogP contribution >= 0.6 is 23.8 Å². The van der Waals surface area contributed by atoms with Gasteiger partial charge in [-0.05, 0) is 71.5 Å². The average molecular weight is 1010 g/mol. The van der Waals surface area contributed by atoms with Gasteiger partial charge in [-0.25, -0.2) is 0 Å². The largest absolute Gasteiger partial charge is 1.00 e. The molecule has 0 saturated heterocycles. The summed E-state index contributed by atoms with van der Waals surface area (Å²) in [5, 5.41) is 12.6. The van der Waals surface area contributed by atoms with Crippen LogP contribution in [-0.2, 0) is 24.8 Å². The zero-order valence-electron chi connectivity index (χ0n) is 34.1. The molecule has 0 N–H and O–H groups in total. The minimum absolute atomic E-state index is 0. The molecular formula is C55H46IrOP3-. The summed E-state index contributed by atoms with van der Waals surface area (Å²) < 4.78 is 7.50. The molecule has 0 spiro atoms. The Balaban J connectivity index is 0.000000194. The molecule has 0 aliphatic carbocycles. The van der Waals surface area contributed by atoms with Crippen molar-refractivity contribution in [1.29, 1.82) is 0 Å². The van der Waals surface area contributed by atoms with E-state index in [0.29, 0.717) is 0 Å². The molecular weight excluding hydrogens is 962 g/mol. The minimum atomic E-state index is -0.446. The predicted molar refractivity (Wildman–Crippen MR) is 260 cm³/mol. The fraction of sp³-hybridized carbons (Fsp3) is 0. The maximum absolute atomic E-state index is 7.50. The van der Waals surface area contributed by atoms with Gasteiger partial charge in [0.25, 0.3) is 0 Å². The molecule has 0 amide bonds. The standard InChI is InChI=1S/3C18H15P.CO.Ir.H/c3*1-4-10-16(11-5-1)19(17-12-6-2-7-13-17)18-14-8-3-9-15-18;1-2;;/h3*1-15H;;;/q;;;;;-1. The molecule has 9 rings (SSSR count). The Labute approximate surface area is 375 Å². The van der Waals surface area contributed by atoms with E-state index in [4.69, 9.17) is 4.65 Å². The van der Waals surface area contributed by atoms with Crippen LogP contribution < -0.4 is 47.7 Å². The predicted octanol–water partition coefficient (Wildman–Crippen LogP) is 10.4. The molecule has 60 heavy (non-hydrogen) atoms. The average Bonchev–Trinajstić information content (AvgIpc) is 3.34. The van der Waals surface area contributed by atoms with E-state index >= 15 is 0 Å². The maximum Gasteiger partial charge on any atom is 0 e. The van der Waals surface area contributed by atoms with Gasteiger partial charge in [0.1, 0.15) is 0 Å². The van der Waals surface area contributed by atoms with Crippen molar-refractivity contribution in [3.8, 4) is 0 Å². The number of hydrogen-bond donors (Lipinski definition) is 0. The molecule has 0 heterocycles. The quantitative estimate of drug-likeness (QED) is 0.0780. The fourth-order valence-corrected chi connectivity index (χ4v) is 13.5. The Bertz CT molecular complexity index is 1920. The van der Waals surface area contributed by atoms with E-state index in [9.17, 15) is 0 Å². The van der Waals surface area contributed by atoms with Gasteiger partial charge in [-0.2, -0.15) is 0 Å². The van der Waals surface area contributed by atoms with Gasteiger partial charge < -0.3 is 1.43 Å². The van der Waals surface area contributed by atoms with Gasteiger partial charge in [0.05, 0.1) is 0 Å². The van der Waals surface area contributed by atoms with Crippen molar-refractivity contribution in [2.45, 2.75) is 0 Å². The van der Waals surface area contributed by atoms with Gasteiger partial charge in [-0.15, -0.1) is 0 Å². The van der Waals surface area contributed by atoms with Crippen molar-refractivity contribution in [3.05, 3.63) is 280 Å². The van der Waals surface area contributed by atoms with Crippen LogP contribution in [0.1, 0.15) is 1.43 Å². The second-order valence-corrected chi connectivity index (χ2v) is 19.7. The number of benzene rings is 9. The molecule has 1 radical (unpaired) electrons. The monoisotopic (exact) mass is 1010 g/mol. The second kappa shape index (κ2) is 26.0. The summed E-state index contributed by atoms with van der Waals surface area (Å²) in [6.45, 7) is 4.50. The molecule has 1 nitrogen and oxygen atoms in total. The summed E-state index contributed by atoms with van der Waals surface area (Å²) in [5.74, 6) is 0. The number of hydrogen-bond acceptors (Lipinski definition) is 0. The van der Waals surface area contributed by atoms with Crippen LogP contribution in [0.2, 0.25) is 0 Å². The first-order chi connectivity index (χ1) is 29.3. The summed E-state index contributed by atoms with van der Waals surface area (Å²) in [4.78, 5) is 0. The van der Waals surface area contributed by atoms with Crippen LogP contribution in [0.15, 0.2) is 273 Å². The first-order valence-electron chi connectivity index (χ1n) is 19.4. The minimum Gasteiger partial charge on any atom is -1.00 e. The smallest absolute Gasteiger partial charge is 0 e. The molecule has 0 bridgehead atoms. The normalized spacial score (nSPS) is 10.1. The zero-order valence-corrected chi connectivity index (χ0v) is 38.1. The third-order valence-corrected chi connectivity index (χ3v) is 16.5. The summed E-state index contributed by atoms with van der Waals surface area (Å²) in [7, 11) is -1.34. The van der Waals surface area contributed by atoms with Crippen LogP contribution in [0.5, 0.6) is 0 Å². The Morgan fingerprint density at radius 2 is 0.283 bits per heavy atom. The van der Waals surface area contributed by atoms with Gasteiger partial charge in [0.2, 0.25) is 0 Å². The van der Waals surface area contributed by atoms with Crippen LogP contribution in [0.4, 0.5) is 0 Å². The molecule has 0 aliphatic heterocycles. The van der Waals surface area contributed by atoms with Gasteiger partial charge in [0.15, 0.2) is 0 Å². The van der Waals surface area contributed by atoms with E-state index in [0.717, 1.165) is 0 Å². The van der Waals surface area contributed by atoms with E-state index < -0.39 is 23.8 Å². The third-order valence-electron chi connectivity index (χ3n) is 9.13. The molecule has 0 fully saturated rings. The molecule has 9 aromatic carbocycles. The van der Waals surface area contributed by atoms with Gasteiger partial charge in [-0.3, -0.25) is 0 Å². The first kappa shape index (κ1) is 45.7. The summed E-state index contributed by atoms with van der Waals surface area (Å²) in [6.07, 6.45) is 0. The molecule has 0 aliphatic rings. The summed E-state index contributed by atoms with van der Waals surface area (Å²) in [6, 6.07) is 97.0. The zero-order chi connectivity index (χ0) is 40.7. The van der Waals surface area contributed by atoms with Crippen LogP contribution in [-0.4, -0.2) is 0 Å². The van der Waals surface area contributed by atoms with E-state index in [-0.39, 0.29) is 21.5 Å². The maximum atomic E-state index is 7.50. The molecule has 9 aromatic rings. The molecule has 0 unspecified atom stereocenters. The van der Waals surface area contributed by atoms with Crippen molar-refractivity contribution in [2.24, 2.45) is 0 Å². The summed E-state index contributed by atoms with van der Waals surface area (Å²) >= 11 is 0. The van der Waals surface area contributed by atoms with Crippen molar-refractivity contribution in [1.82, 2.24) is 0 Å². The van der Waals surface area contributed by atoms with Gasteiger partial charge >= 0.3 is 11.3 Å². The molecule has 5 heteroatoms. The topological polar surface area (TPSA) is 19.9 Å². The Morgan fingerprint density at radius 3 is 0.367 bits per heavy atom. The molecule has 0 atom stereocenters. The molecule has 0 aromatic heterocycles. The van der Waals surface area contributed by atoms with E-state index in [2.05, 4.69) is 280 Å². The van der Waals surface area contributed by atoms with Crippen molar-refractivity contribution < 1.29 is 26.2 Å². The first-order valence-corrected chi connectivity index (χ1v) is 23.4. The Morgan fingerprint density at radius 1 is 0.200 bits per heavy atom. The van der Waals surface area contributed by atoms with Gasteiger partial charge in [-0.1, -0.05) is 273 Å². The van der Waals surface area contributed by atoms with E-state index in [1.807, 2.05) is 0 Å². The van der Waals surface area contributed by atoms with E-state index in [1.54, 1.807) is 0 Å². The SMILES string of the molecule is [C-]#[O+].[H-].[Ir].c1ccc(P(c2ccccc2)c2ccccc2)cc1.c1ccc(P(c2ccccc2)c2ccccc2)cc1.c1ccc(P(c2ccccc2)c2ccccc2)cc1. The second-order valence-electron chi connectivity index (χ2n) is 13.0. The van der Waals surface area contributed by atoms with Crippen molar-refractivity contribution >= 4 is 71.5 Å². The van der Waals surface area contributed by atoms with Crippen molar-refractivity contribution in [3.63, 3.8) is 0 Å². The van der Waals surface area contributed by atoms with Crippen molar-refractivity contribution in [2.75, 3.05) is 0 Å². The number of rotatable bonds is 9. The molecule has 297 valence electrons. The Kier molecular flexibility index (Phi) is 19.8. The van der Waals surface area contributed by atoms with Crippen LogP contribution in [0.3, 0.4) is 0 Å². The summed E-state index contributed by atoms with van der Waals surface area (Å²) in [5.41, 5.74) is 0. The van der Waals surface area contributed by atoms with E-state index in [1.165, 1.54) is 47.7 Å². The van der Waals surface area contributed by atoms with Crippen LogP contribution in [0.25, 0.3) is 0 Å².